The molecule has 186 valence electrons. The van der Waals surface area contributed by atoms with Gasteiger partial charge in [0.05, 0.1) is 13.2 Å². The number of morpholine rings is 1. The normalized spacial score (nSPS) is 18.4. The van der Waals surface area contributed by atoms with E-state index in [1.807, 2.05) is 45.0 Å². The summed E-state index contributed by atoms with van der Waals surface area (Å²) in [5.74, 6) is -1.37. The van der Waals surface area contributed by atoms with Crippen molar-refractivity contribution in [3.8, 4) is 11.1 Å². The number of rotatable bonds is 6. The summed E-state index contributed by atoms with van der Waals surface area (Å²) in [6, 6.07) is 15.8. The maximum atomic E-state index is 12.9. The van der Waals surface area contributed by atoms with Gasteiger partial charge in [0, 0.05) is 24.9 Å². The van der Waals surface area contributed by atoms with Crippen molar-refractivity contribution < 1.29 is 29.0 Å². The van der Waals surface area contributed by atoms with Gasteiger partial charge in [0.25, 0.3) is 0 Å². The highest BCUT2D eigenvalue weighted by molar-refractivity contribution is 5.81. The molecular formula is C27H32N2O6. The predicted octanol–water partition coefficient (Wildman–Crippen LogP) is 3.64. The zero-order valence-corrected chi connectivity index (χ0v) is 20.3. The maximum absolute atomic E-state index is 12.9. The van der Waals surface area contributed by atoms with Crippen LogP contribution in [0.2, 0.25) is 0 Å². The number of amides is 2. The van der Waals surface area contributed by atoms with Crippen molar-refractivity contribution in [3.63, 3.8) is 0 Å². The summed E-state index contributed by atoms with van der Waals surface area (Å²) in [7, 11) is 0. The molecule has 1 aliphatic heterocycles. The first-order valence-electron chi connectivity index (χ1n) is 11.9. The van der Waals surface area contributed by atoms with Gasteiger partial charge in [0.15, 0.2) is 6.10 Å². The number of alkyl carbamates (subject to hydrolysis) is 1. The number of carboxylic acids is 1. The fraction of sp³-hybridized carbons (Fsp3) is 0.444. The molecule has 0 bridgehead atoms. The van der Waals surface area contributed by atoms with Gasteiger partial charge in [-0.25, -0.2) is 9.59 Å². The van der Waals surface area contributed by atoms with E-state index in [2.05, 4.69) is 29.6 Å². The number of benzene rings is 2. The first kappa shape index (κ1) is 24.7. The van der Waals surface area contributed by atoms with Crippen molar-refractivity contribution in [2.24, 2.45) is 5.41 Å². The summed E-state index contributed by atoms with van der Waals surface area (Å²) in [6.45, 7) is 6.49. The van der Waals surface area contributed by atoms with Crippen molar-refractivity contribution in [2.45, 2.75) is 45.3 Å². The first-order valence-corrected chi connectivity index (χ1v) is 11.9. The van der Waals surface area contributed by atoms with Gasteiger partial charge < -0.3 is 24.8 Å². The van der Waals surface area contributed by atoms with Crippen LogP contribution in [-0.4, -0.2) is 66.4 Å². The van der Waals surface area contributed by atoms with Crippen LogP contribution in [0.1, 0.15) is 44.2 Å². The number of ether oxygens (including phenoxy) is 2. The highest BCUT2D eigenvalue weighted by Crippen LogP contribution is 2.44. The van der Waals surface area contributed by atoms with Gasteiger partial charge in [0.1, 0.15) is 6.61 Å². The minimum atomic E-state index is -1.09. The van der Waals surface area contributed by atoms with E-state index in [1.54, 1.807) is 0 Å². The highest BCUT2D eigenvalue weighted by atomic mass is 16.5. The summed E-state index contributed by atoms with van der Waals surface area (Å²) in [5.41, 5.74) is 4.15. The molecule has 2 aromatic carbocycles. The van der Waals surface area contributed by atoms with Crippen molar-refractivity contribution in [2.75, 3.05) is 26.3 Å². The number of hydrogen-bond acceptors (Lipinski definition) is 5. The minimum Gasteiger partial charge on any atom is -0.479 e. The monoisotopic (exact) mass is 480 g/mol. The zero-order valence-electron chi connectivity index (χ0n) is 20.3. The third-order valence-corrected chi connectivity index (χ3v) is 6.75. The van der Waals surface area contributed by atoms with E-state index in [9.17, 15) is 19.5 Å². The second-order valence-electron chi connectivity index (χ2n) is 10.1. The number of fused-ring (bicyclic) bond motifs is 3. The van der Waals surface area contributed by atoms with Crippen LogP contribution >= 0.6 is 0 Å². The average molecular weight is 481 g/mol. The van der Waals surface area contributed by atoms with E-state index in [4.69, 9.17) is 9.47 Å². The fourth-order valence-corrected chi connectivity index (χ4v) is 4.68. The van der Waals surface area contributed by atoms with Crippen LogP contribution < -0.4 is 5.32 Å². The van der Waals surface area contributed by atoms with Crippen LogP contribution in [0.5, 0.6) is 0 Å². The number of carbonyl (C=O) groups is 3. The number of aliphatic carboxylic acids is 1. The first-order chi connectivity index (χ1) is 16.6. The molecule has 1 heterocycles. The summed E-state index contributed by atoms with van der Waals surface area (Å²) >= 11 is 0. The van der Waals surface area contributed by atoms with Crippen LogP contribution in [0.15, 0.2) is 48.5 Å². The third kappa shape index (κ3) is 5.48. The summed E-state index contributed by atoms with van der Waals surface area (Å²) in [6.07, 6.45) is -1.57. The standard InChI is InChI=1S/C27H32N2O6/c1-27(2,3)23(14-24(30)29-12-13-34-22(15-29)25(31)32)28-26(33)35-16-21-19-10-6-4-8-17(19)18-9-5-7-11-20(18)21/h4-11,21-23H,12-16H2,1-3H3,(H,28,33)(H,31,32). The van der Waals surface area contributed by atoms with Crippen LogP contribution in [0, 0.1) is 5.41 Å². The molecule has 0 saturated carbocycles. The summed E-state index contributed by atoms with van der Waals surface area (Å²) < 4.78 is 10.9. The Kier molecular flexibility index (Phi) is 7.12. The summed E-state index contributed by atoms with van der Waals surface area (Å²) in [5, 5.41) is 12.1. The van der Waals surface area contributed by atoms with Crippen molar-refractivity contribution in [3.05, 3.63) is 59.7 Å². The van der Waals surface area contributed by atoms with Crippen LogP contribution in [-0.2, 0) is 19.1 Å². The van der Waals surface area contributed by atoms with Gasteiger partial charge in [-0.15, -0.1) is 0 Å². The molecule has 2 amide bonds. The average Bonchev–Trinajstić information content (AvgIpc) is 3.15. The molecule has 4 rings (SSSR count). The molecule has 0 spiro atoms. The molecule has 1 saturated heterocycles. The minimum absolute atomic E-state index is 0.00399. The number of carboxylic acid groups (broad SMARTS) is 1. The smallest absolute Gasteiger partial charge is 0.407 e. The van der Waals surface area contributed by atoms with Crippen molar-refractivity contribution in [1.82, 2.24) is 10.2 Å². The number of nitrogens with zero attached hydrogens (tertiary/aromatic N) is 1. The molecule has 2 aromatic rings. The topological polar surface area (TPSA) is 105 Å². The Balaban J connectivity index is 1.39. The van der Waals surface area contributed by atoms with Gasteiger partial charge in [-0.1, -0.05) is 69.3 Å². The molecule has 2 unspecified atom stereocenters. The lowest BCUT2D eigenvalue weighted by Crippen LogP contribution is -2.52. The third-order valence-electron chi connectivity index (χ3n) is 6.75. The van der Waals surface area contributed by atoms with Gasteiger partial charge >= 0.3 is 12.1 Å². The predicted molar refractivity (Wildman–Crippen MR) is 130 cm³/mol. The van der Waals surface area contributed by atoms with E-state index in [-0.39, 0.29) is 38.0 Å². The lowest BCUT2D eigenvalue weighted by Gasteiger charge is -2.35. The molecule has 1 aliphatic carbocycles. The zero-order chi connectivity index (χ0) is 25.2. The molecule has 1 fully saturated rings. The maximum Gasteiger partial charge on any atom is 0.407 e. The number of nitrogens with one attached hydrogen (secondary N) is 1. The summed E-state index contributed by atoms with van der Waals surface area (Å²) in [4.78, 5) is 38.5. The second-order valence-corrected chi connectivity index (χ2v) is 10.1. The quantitative estimate of drug-likeness (QED) is 0.654. The molecule has 2 N–H and O–H groups in total. The number of hydrogen-bond donors (Lipinski definition) is 2. The van der Waals surface area contributed by atoms with E-state index < -0.39 is 29.6 Å². The fourth-order valence-electron chi connectivity index (χ4n) is 4.68. The van der Waals surface area contributed by atoms with E-state index >= 15 is 0 Å². The van der Waals surface area contributed by atoms with Crippen LogP contribution in [0.3, 0.4) is 0 Å². The number of carbonyl (C=O) groups excluding carboxylic acids is 2. The Labute approximate surface area is 205 Å². The Morgan fingerprint density at radius 3 is 2.26 bits per heavy atom. The Hall–Kier alpha value is -3.39. The van der Waals surface area contributed by atoms with Crippen LogP contribution in [0.4, 0.5) is 4.79 Å². The molecule has 2 atom stereocenters. The molecular weight excluding hydrogens is 448 g/mol. The molecule has 8 heteroatoms. The van der Waals surface area contributed by atoms with E-state index in [1.165, 1.54) is 4.90 Å². The Morgan fingerprint density at radius 2 is 1.69 bits per heavy atom. The van der Waals surface area contributed by atoms with Crippen molar-refractivity contribution in [1.29, 1.82) is 0 Å². The molecule has 0 radical (unpaired) electrons. The molecule has 35 heavy (non-hydrogen) atoms. The van der Waals surface area contributed by atoms with Gasteiger partial charge in [-0.3, -0.25) is 4.79 Å². The SMILES string of the molecule is CC(C)(C)C(CC(=O)N1CCOC(C(=O)O)C1)NC(=O)OCC1c2ccccc2-c2ccccc21. The molecule has 2 aliphatic rings. The van der Waals surface area contributed by atoms with Gasteiger partial charge in [0.2, 0.25) is 5.91 Å². The second kappa shape index (κ2) is 10.1. The van der Waals surface area contributed by atoms with E-state index in [0.29, 0.717) is 6.54 Å². The Morgan fingerprint density at radius 1 is 1.09 bits per heavy atom. The van der Waals surface area contributed by atoms with Crippen molar-refractivity contribution >= 4 is 18.0 Å². The van der Waals surface area contributed by atoms with Gasteiger partial charge in [-0.05, 0) is 27.7 Å². The Bertz CT molecular complexity index is 1060. The molecule has 0 aromatic heterocycles. The highest BCUT2D eigenvalue weighted by Gasteiger charge is 2.35. The van der Waals surface area contributed by atoms with Gasteiger partial charge in [-0.2, -0.15) is 0 Å². The van der Waals surface area contributed by atoms with E-state index in [0.717, 1.165) is 22.3 Å². The lowest BCUT2D eigenvalue weighted by molar-refractivity contribution is -0.159. The largest absolute Gasteiger partial charge is 0.479 e. The van der Waals surface area contributed by atoms with Crippen LogP contribution in [0.25, 0.3) is 11.1 Å². The lowest BCUT2D eigenvalue weighted by atomic mass is 9.84. The molecule has 8 nitrogen and oxygen atoms in total.